The minimum atomic E-state index is -0.567. The van der Waals surface area contributed by atoms with E-state index in [2.05, 4.69) is 37.5 Å². The van der Waals surface area contributed by atoms with Crippen LogP contribution < -0.4 is 10.6 Å². The molecule has 0 saturated carbocycles. The Bertz CT molecular complexity index is 835. The molecule has 5 nitrogen and oxygen atoms in total. The summed E-state index contributed by atoms with van der Waals surface area (Å²) in [5.41, 5.74) is 3.34. The molecule has 5 heteroatoms. The molecule has 1 aliphatic heterocycles. The predicted molar refractivity (Wildman–Crippen MR) is 152 cm³/mol. The zero-order valence-electron chi connectivity index (χ0n) is 23.4. The van der Waals surface area contributed by atoms with Gasteiger partial charge in [0.1, 0.15) is 0 Å². The summed E-state index contributed by atoms with van der Waals surface area (Å²) in [6.45, 7) is 6.84. The van der Waals surface area contributed by atoms with Crippen LogP contribution in [0.15, 0.2) is 18.2 Å². The number of amides is 2. The summed E-state index contributed by atoms with van der Waals surface area (Å²) in [6, 6.07) is 6.16. The van der Waals surface area contributed by atoms with Gasteiger partial charge in [-0.2, -0.15) is 0 Å². The number of piperidine rings is 1. The van der Waals surface area contributed by atoms with Crippen LogP contribution in [0.1, 0.15) is 134 Å². The zero-order chi connectivity index (χ0) is 26.3. The molecule has 0 aliphatic carbocycles. The third kappa shape index (κ3) is 9.05. The summed E-state index contributed by atoms with van der Waals surface area (Å²) in [5.74, 6) is 0.200. The molecule has 2 amide bonds. The van der Waals surface area contributed by atoms with Crippen molar-refractivity contribution in [2.24, 2.45) is 11.8 Å². The second kappa shape index (κ2) is 16.6. The number of carbonyl (C=O) groups excluding carboxylic acids is 2. The van der Waals surface area contributed by atoms with Gasteiger partial charge in [-0.1, -0.05) is 110 Å². The van der Waals surface area contributed by atoms with Gasteiger partial charge in [0.15, 0.2) is 0 Å². The van der Waals surface area contributed by atoms with Gasteiger partial charge in [-0.25, -0.2) is 0 Å². The molecule has 1 aromatic carbocycles. The molecule has 1 aliphatic rings. The largest absolute Gasteiger partial charge is 0.387 e. The number of unbranched alkanes of at least 4 members (excludes halogenated alkanes) is 4. The lowest BCUT2D eigenvalue weighted by Crippen LogP contribution is -2.44. The topological polar surface area (TPSA) is 82.1 Å². The van der Waals surface area contributed by atoms with Gasteiger partial charge in [-0.15, -0.1) is 0 Å². The predicted octanol–water partition coefficient (Wildman–Crippen LogP) is 7.98. The number of nitrogens with one attached hydrogen (secondary N) is 3. The Hall–Kier alpha value is -2.17. The van der Waals surface area contributed by atoms with Crippen LogP contribution in [-0.4, -0.2) is 24.6 Å². The second-order valence-electron chi connectivity index (χ2n) is 10.7. The maximum absolute atomic E-state index is 12.4. The van der Waals surface area contributed by atoms with Crippen LogP contribution in [0.25, 0.3) is 0 Å². The van der Waals surface area contributed by atoms with Gasteiger partial charge in [0, 0.05) is 24.7 Å². The highest BCUT2D eigenvalue weighted by atomic mass is 16.2. The second-order valence-corrected chi connectivity index (χ2v) is 10.7. The molecule has 2 rings (SSSR count). The number of hydrogen-bond acceptors (Lipinski definition) is 4. The van der Waals surface area contributed by atoms with Crippen LogP contribution in [-0.2, 0) is 9.59 Å². The smallest absolute Gasteiger partial charge is 0.235 e. The maximum Gasteiger partial charge on any atom is 0.235 e. The average Bonchev–Trinajstić information content (AvgIpc) is 2.87. The minimum absolute atomic E-state index is 0.239. The van der Waals surface area contributed by atoms with E-state index >= 15 is 0 Å². The number of rotatable bonds is 18. The van der Waals surface area contributed by atoms with Crippen LogP contribution in [0.2, 0.25) is 0 Å². The molecule has 36 heavy (non-hydrogen) atoms. The number of para-hydroxylation sites is 1. The minimum Gasteiger partial charge on any atom is -0.387 e. The highest BCUT2D eigenvalue weighted by molar-refractivity contribution is 6.17. The fourth-order valence-electron chi connectivity index (χ4n) is 5.90. The van der Waals surface area contributed by atoms with Gasteiger partial charge in [-0.3, -0.25) is 14.9 Å². The molecule has 202 valence electrons. The molecule has 3 unspecified atom stereocenters. The van der Waals surface area contributed by atoms with E-state index in [1.54, 1.807) is 0 Å². The summed E-state index contributed by atoms with van der Waals surface area (Å²) < 4.78 is 0. The lowest BCUT2D eigenvalue weighted by Gasteiger charge is -2.26. The highest BCUT2D eigenvalue weighted by Gasteiger charge is 2.32. The SMILES string of the molecule is CCCCCC(CCC)CCCCCC(CCC)c1cccc(C(=N)C2CCC(=O)NC2=O)c1NC. The summed E-state index contributed by atoms with van der Waals surface area (Å²) in [4.78, 5) is 24.0. The highest BCUT2D eigenvalue weighted by Crippen LogP contribution is 2.36. The zero-order valence-corrected chi connectivity index (χ0v) is 23.4. The van der Waals surface area contributed by atoms with Crippen molar-refractivity contribution < 1.29 is 9.59 Å². The van der Waals surface area contributed by atoms with E-state index < -0.39 is 5.92 Å². The number of imide groups is 1. The Morgan fingerprint density at radius 2 is 1.64 bits per heavy atom. The molecule has 0 bridgehead atoms. The molecule has 1 aromatic rings. The van der Waals surface area contributed by atoms with Crippen LogP contribution in [0.3, 0.4) is 0 Å². The first-order valence-electron chi connectivity index (χ1n) is 14.7. The van der Waals surface area contributed by atoms with E-state index in [4.69, 9.17) is 5.41 Å². The molecular weight excluding hydrogens is 446 g/mol. The maximum atomic E-state index is 12.4. The Morgan fingerprint density at radius 3 is 2.28 bits per heavy atom. The van der Waals surface area contributed by atoms with Crippen molar-refractivity contribution in [3.63, 3.8) is 0 Å². The van der Waals surface area contributed by atoms with Gasteiger partial charge < -0.3 is 10.7 Å². The van der Waals surface area contributed by atoms with Gasteiger partial charge in [0.05, 0.1) is 11.6 Å². The lowest BCUT2D eigenvalue weighted by atomic mass is 9.83. The van der Waals surface area contributed by atoms with E-state index in [0.717, 1.165) is 36.4 Å². The van der Waals surface area contributed by atoms with Gasteiger partial charge in [0.2, 0.25) is 11.8 Å². The van der Waals surface area contributed by atoms with Crippen molar-refractivity contribution >= 4 is 23.2 Å². The van der Waals surface area contributed by atoms with Crippen molar-refractivity contribution in [1.82, 2.24) is 5.32 Å². The first kappa shape index (κ1) is 30.1. The first-order chi connectivity index (χ1) is 17.5. The first-order valence-corrected chi connectivity index (χ1v) is 14.7. The van der Waals surface area contributed by atoms with Crippen LogP contribution in [0, 0.1) is 17.2 Å². The summed E-state index contributed by atoms with van der Waals surface area (Å²) in [6.07, 6.45) is 17.5. The molecule has 3 N–H and O–H groups in total. The van der Waals surface area contributed by atoms with Gasteiger partial charge in [-0.05, 0) is 36.7 Å². The molecule has 1 fully saturated rings. The standard InChI is InChI=1S/C31H51N3O2/c1-5-8-10-16-23(14-6-2)17-11-9-12-18-24(15-7-3)25-19-13-20-26(30(25)33-4)29(32)27-21-22-28(35)34-31(27)36/h13,19-20,23-24,27,32-33H,5-12,14-18,21-22H2,1-4H3,(H,34,35,36). The number of anilines is 1. The monoisotopic (exact) mass is 497 g/mol. The number of benzene rings is 1. The third-order valence-electron chi connectivity index (χ3n) is 7.88. The van der Waals surface area contributed by atoms with E-state index in [0.29, 0.717) is 24.5 Å². The van der Waals surface area contributed by atoms with Crippen molar-refractivity contribution in [1.29, 1.82) is 5.41 Å². The van der Waals surface area contributed by atoms with E-state index in [1.165, 1.54) is 69.8 Å². The quantitative estimate of drug-likeness (QED) is 0.109. The third-order valence-corrected chi connectivity index (χ3v) is 7.88. The molecule has 3 atom stereocenters. The lowest BCUT2D eigenvalue weighted by molar-refractivity contribution is -0.134. The van der Waals surface area contributed by atoms with Crippen molar-refractivity contribution in [3.05, 3.63) is 29.3 Å². The normalized spacial score (nSPS) is 17.5. The molecule has 0 radical (unpaired) electrons. The number of hydrogen-bond donors (Lipinski definition) is 3. The molecule has 0 aromatic heterocycles. The fourth-order valence-corrected chi connectivity index (χ4v) is 5.90. The molecule has 1 heterocycles. The van der Waals surface area contributed by atoms with Crippen molar-refractivity contribution in [3.8, 4) is 0 Å². The average molecular weight is 498 g/mol. The Balaban J connectivity index is 2.02. The van der Waals surface area contributed by atoms with Crippen molar-refractivity contribution in [2.45, 2.75) is 123 Å². The molecule has 0 spiro atoms. The van der Waals surface area contributed by atoms with Crippen LogP contribution in [0.4, 0.5) is 5.69 Å². The molecule has 1 saturated heterocycles. The Labute approximate surface area is 220 Å². The van der Waals surface area contributed by atoms with E-state index in [1.807, 2.05) is 19.2 Å². The Kier molecular flexibility index (Phi) is 13.8. The summed E-state index contributed by atoms with van der Waals surface area (Å²) in [5, 5.41) is 14.6. The molecular formula is C31H51N3O2. The fraction of sp³-hybridized carbons (Fsp3) is 0.710. The van der Waals surface area contributed by atoms with E-state index in [9.17, 15) is 9.59 Å². The van der Waals surface area contributed by atoms with Crippen LogP contribution in [0.5, 0.6) is 0 Å². The summed E-state index contributed by atoms with van der Waals surface area (Å²) >= 11 is 0. The van der Waals surface area contributed by atoms with Crippen LogP contribution >= 0.6 is 0 Å². The number of carbonyl (C=O) groups is 2. The van der Waals surface area contributed by atoms with Gasteiger partial charge >= 0.3 is 0 Å². The van der Waals surface area contributed by atoms with E-state index in [-0.39, 0.29) is 11.8 Å². The van der Waals surface area contributed by atoms with Crippen molar-refractivity contribution in [2.75, 3.05) is 12.4 Å². The Morgan fingerprint density at radius 1 is 0.944 bits per heavy atom. The summed E-state index contributed by atoms with van der Waals surface area (Å²) in [7, 11) is 1.91. The van der Waals surface area contributed by atoms with Gasteiger partial charge in [0.25, 0.3) is 0 Å².